The lowest BCUT2D eigenvalue weighted by Crippen LogP contribution is -2.00. The van der Waals surface area contributed by atoms with Crippen LogP contribution in [0.3, 0.4) is 0 Å². The maximum Gasteiger partial charge on any atom is 0.194 e. The summed E-state index contributed by atoms with van der Waals surface area (Å²) >= 11 is 0. The highest BCUT2D eigenvalue weighted by Crippen LogP contribution is 2.26. The monoisotopic (exact) mass is 289 g/mol. The van der Waals surface area contributed by atoms with Crippen molar-refractivity contribution in [2.75, 3.05) is 12.4 Å². The summed E-state index contributed by atoms with van der Waals surface area (Å²) in [5, 5.41) is 3.69. The van der Waals surface area contributed by atoms with E-state index in [1.165, 1.54) is 0 Å². The van der Waals surface area contributed by atoms with Gasteiger partial charge in [0.05, 0.1) is 5.52 Å². The SMILES string of the molecule is CNc1nc(-c2cc(F)c(F)c(F)c2)nc2ccccc12. The summed E-state index contributed by atoms with van der Waals surface area (Å²) in [5.41, 5.74) is 0.700. The number of benzene rings is 2. The average molecular weight is 289 g/mol. The van der Waals surface area contributed by atoms with Crippen molar-refractivity contribution in [3.8, 4) is 11.4 Å². The summed E-state index contributed by atoms with van der Waals surface area (Å²) in [6.45, 7) is 0. The van der Waals surface area contributed by atoms with Crippen LogP contribution in [0.1, 0.15) is 0 Å². The van der Waals surface area contributed by atoms with Gasteiger partial charge in [-0.05, 0) is 24.3 Å². The van der Waals surface area contributed by atoms with Gasteiger partial charge in [-0.2, -0.15) is 0 Å². The second-order valence-corrected chi connectivity index (χ2v) is 4.42. The van der Waals surface area contributed by atoms with Gasteiger partial charge in [0.2, 0.25) is 0 Å². The van der Waals surface area contributed by atoms with E-state index in [0.717, 1.165) is 17.5 Å². The largest absolute Gasteiger partial charge is 0.373 e. The van der Waals surface area contributed by atoms with Crippen LogP contribution in [0.25, 0.3) is 22.3 Å². The van der Waals surface area contributed by atoms with E-state index in [-0.39, 0.29) is 11.4 Å². The predicted octanol–water partition coefficient (Wildman–Crippen LogP) is 3.76. The highest BCUT2D eigenvalue weighted by Gasteiger charge is 2.14. The summed E-state index contributed by atoms with van der Waals surface area (Å²) in [4.78, 5) is 8.48. The van der Waals surface area contributed by atoms with Crippen molar-refractivity contribution in [1.82, 2.24) is 9.97 Å². The molecule has 106 valence electrons. The molecule has 1 N–H and O–H groups in total. The van der Waals surface area contributed by atoms with Crippen molar-refractivity contribution in [1.29, 1.82) is 0 Å². The number of halogens is 3. The van der Waals surface area contributed by atoms with Crippen molar-refractivity contribution in [3.63, 3.8) is 0 Å². The van der Waals surface area contributed by atoms with Crippen LogP contribution in [0.15, 0.2) is 36.4 Å². The molecule has 3 nitrogen and oxygen atoms in total. The van der Waals surface area contributed by atoms with Crippen molar-refractivity contribution in [2.24, 2.45) is 0 Å². The maximum atomic E-state index is 13.3. The molecule has 0 amide bonds. The lowest BCUT2D eigenvalue weighted by atomic mass is 10.1. The number of rotatable bonds is 2. The van der Waals surface area contributed by atoms with Crippen LogP contribution < -0.4 is 5.32 Å². The molecule has 1 aromatic heterocycles. The van der Waals surface area contributed by atoms with Crippen molar-refractivity contribution >= 4 is 16.7 Å². The van der Waals surface area contributed by atoms with E-state index in [0.29, 0.717) is 11.3 Å². The molecule has 2 aromatic carbocycles. The molecule has 0 aliphatic heterocycles. The minimum absolute atomic E-state index is 0.0775. The summed E-state index contributed by atoms with van der Waals surface area (Å²) < 4.78 is 39.7. The van der Waals surface area contributed by atoms with Crippen LogP contribution in [-0.4, -0.2) is 17.0 Å². The molecule has 0 radical (unpaired) electrons. The van der Waals surface area contributed by atoms with Gasteiger partial charge in [0.25, 0.3) is 0 Å². The number of hydrogen-bond donors (Lipinski definition) is 1. The quantitative estimate of drug-likeness (QED) is 0.730. The lowest BCUT2D eigenvalue weighted by Gasteiger charge is -2.08. The molecule has 0 aliphatic rings. The third-order valence-electron chi connectivity index (χ3n) is 3.08. The van der Waals surface area contributed by atoms with Crippen LogP contribution in [0.5, 0.6) is 0 Å². The van der Waals surface area contributed by atoms with Crippen molar-refractivity contribution in [3.05, 3.63) is 53.8 Å². The van der Waals surface area contributed by atoms with E-state index in [9.17, 15) is 13.2 Å². The Kier molecular flexibility index (Phi) is 3.21. The zero-order valence-corrected chi connectivity index (χ0v) is 11.0. The molecule has 0 aliphatic carbocycles. The standard InChI is InChI=1S/C15H10F3N3/c1-19-15-9-4-2-3-5-12(9)20-14(21-15)8-6-10(16)13(18)11(17)7-8/h2-7H,1H3,(H,19,20,21). The van der Waals surface area contributed by atoms with Gasteiger partial charge in [-0.25, -0.2) is 23.1 Å². The Labute approximate surface area is 118 Å². The first-order valence-electron chi connectivity index (χ1n) is 6.19. The first kappa shape index (κ1) is 13.4. The first-order chi connectivity index (χ1) is 10.1. The van der Waals surface area contributed by atoms with E-state index in [1.54, 1.807) is 19.2 Å². The molecule has 3 rings (SSSR count). The predicted molar refractivity (Wildman–Crippen MR) is 74.4 cm³/mol. The number of anilines is 1. The highest BCUT2D eigenvalue weighted by atomic mass is 19.2. The molecule has 0 spiro atoms. The van der Waals surface area contributed by atoms with E-state index < -0.39 is 17.5 Å². The molecule has 0 saturated heterocycles. The molecule has 0 atom stereocenters. The second kappa shape index (κ2) is 5.05. The van der Waals surface area contributed by atoms with E-state index >= 15 is 0 Å². The number of nitrogens with one attached hydrogen (secondary N) is 1. The Morgan fingerprint density at radius 2 is 1.62 bits per heavy atom. The van der Waals surface area contributed by atoms with Gasteiger partial charge < -0.3 is 5.32 Å². The molecule has 0 fully saturated rings. The molecule has 0 bridgehead atoms. The van der Waals surface area contributed by atoms with Gasteiger partial charge in [0.15, 0.2) is 23.3 Å². The minimum Gasteiger partial charge on any atom is -0.373 e. The van der Waals surface area contributed by atoms with Crippen molar-refractivity contribution < 1.29 is 13.2 Å². The van der Waals surface area contributed by atoms with Crippen LogP contribution in [0.2, 0.25) is 0 Å². The van der Waals surface area contributed by atoms with Crippen LogP contribution in [-0.2, 0) is 0 Å². The van der Waals surface area contributed by atoms with Crippen LogP contribution >= 0.6 is 0 Å². The Morgan fingerprint density at radius 1 is 0.952 bits per heavy atom. The summed E-state index contributed by atoms with van der Waals surface area (Å²) in [6, 6.07) is 8.98. The number of para-hydroxylation sites is 1. The Bertz CT molecular complexity index is 811. The van der Waals surface area contributed by atoms with Gasteiger partial charge in [-0.15, -0.1) is 0 Å². The number of fused-ring (bicyclic) bond motifs is 1. The fraction of sp³-hybridized carbons (Fsp3) is 0.0667. The third kappa shape index (κ3) is 2.29. The van der Waals surface area contributed by atoms with Gasteiger partial charge >= 0.3 is 0 Å². The Balaban J connectivity index is 2.25. The molecule has 3 aromatic rings. The normalized spacial score (nSPS) is 10.9. The van der Waals surface area contributed by atoms with E-state index in [1.807, 2.05) is 12.1 Å². The molecular formula is C15H10F3N3. The fourth-order valence-corrected chi connectivity index (χ4v) is 2.08. The average Bonchev–Trinajstić information content (AvgIpc) is 2.51. The molecule has 6 heteroatoms. The molecule has 1 heterocycles. The first-order valence-corrected chi connectivity index (χ1v) is 6.19. The van der Waals surface area contributed by atoms with Crippen LogP contribution in [0, 0.1) is 17.5 Å². The summed E-state index contributed by atoms with van der Waals surface area (Å²) in [7, 11) is 1.68. The van der Waals surface area contributed by atoms with Crippen molar-refractivity contribution in [2.45, 2.75) is 0 Å². The van der Waals surface area contributed by atoms with Gasteiger partial charge in [0.1, 0.15) is 5.82 Å². The summed E-state index contributed by atoms with van der Waals surface area (Å²) in [5.74, 6) is -3.40. The fourth-order valence-electron chi connectivity index (χ4n) is 2.08. The third-order valence-corrected chi connectivity index (χ3v) is 3.08. The maximum absolute atomic E-state index is 13.3. The van der Waals surface area contributed by atoms with Gasteiger partial charge in [-0.3, -0.25) is 0 Å². The molecular weight excluding hydrogens is 279 g/mol. The highest BCUT2D eigenvalue weighted by molar-refractivity contribution is 5.90. The Morgan fingerprint density at radius 3 is 2.29 bits per heavy atom. The van der Waals surface area contributed by atoms with E-state index in [2.05, 4.69) is 15.3 Å². The van der Waals surface area contributed by atoms with Gasteiger partial charge in [0, 0.05) is 18.0 Å². The van der Waals surface area contributed by atoms with E-state index in [4.69, 9.17) is 0 Å². The number of aromatic nitrogens is 2. The smallest absolute Gasteiger partial charge is 0.194 e. The number of nitrogens with zero attached hydrogens (tertiary/aromatic N) is 2. The Hall–Kier alpha value is -2.63. The molecule has 21 heavy (non-hydrogen) atoms. The van der Waals surface area contributed by atoms with Gasteiger partial charge in [-0.1, -0.05) is 12.1 Å². The topological polar surface area (TPSA) is 37.8 Å². The zero-order chi connectivity index (χ0) is 15.0. The molecule has 0 saturated carbocycles. The second-order valence-electron chi connectivity index (χ2n) is 4.42. The number of hydrogen-bond acceptors (Lipinski definition) is 3. The molecule has 0 unspecified atom stereocenters. The summed E-state index contributed by atoms with van der Waals surface area (Å²) in [6.07, 6.45) is 0. The van der Waals surface area contributed by atoms with Crippen LogP contribution in [0.4, 0.5) is 19.0 Å². The zero-order valence-electron chi connectivity index (χ0n) is 11.0. The minimum atomic E-state index is -1.51. The lowest BCUT2D eigenvalue weighted by molar-refractivity contribution is 0.447.